The highest BCUT2D eigenvalue weighted by atomic mass is 35.5. The lowest BCUT2D eigenvalue weighted by molar-refractivity contribution is 0.274. The lowest BCUT2D eigenvalue weighted by atomic mass is 10.0. The van der Waals surface area contributed by atoms with Gasteiger partial charge in [-0.1, -0.05) is 6.92 Å². The Bertz CT molecular complexity index is 344. The number of piperidine rings is 1. The fourth-order valence-electron chi connectivity index (χ4n) is 1.83. The summed E-state index contributed by atoms with van der Waals surface area (Å²) in [4.78, 5) is 0. The van der Waals surface area contributed by atoms with Crippen molar-refractivity contribution in [2.24, 2.45) is 5.92 Å². The van der Waals surface area contributed by atoms with E-state index in [0.717, 1.165) is 12.8 Å². The van der Waals surface area contributed by atoms with E-state index in [0.29, 0.717) is 19.0 Å². The molecule has 0 aliphatic carbocycles. The molecule has 1 unspecified atom stereocenters. The fraction of sp³-hybridized carbons (Fsp3) is 1.00. The van der Waals surface area contributed by atoms with Crippen molar-refractivity contribution in [1.29, 1.82) is 0 Å². The van der Waals surface area contributed by atoms with Gasteiger partial charge in [0.2, 0.25) is 0 Å². The maximum Gasteiger partial charge on any atom is 0.280 e. The SMILES string of the molecule is CC1CCCN(S(=O)(=O)NC(C)(CCl)CCl)C1. The van der Waals surface area contributed by atoms with Crippen LogP contribution in [0.15, 0.2) is 0 Å². The first kappa shape index (κ1) is 15.5. The zero-order chi connectivity index (χ0) is 13.1. The van der Waals surface area contributed by atoms with E-state index in [2.05, 4.69) is 11.6 Å². The van der Waals surface area contributed by atoms with Crippen molar-refractivity contribution in [2.45, 2.75) is 32.2 Å². The number of hydrogen-bond acceptors (Lipinski definition) is 2. The van der Waals surface area contributed by atoms with Gasteiger partial charge >= 0.3 is 0 Å². The molecule has 0 amide bonds. The van der Waals surface area contributed by atoms with Crippen molar-refractivity contribution in [3.05, 3.63) is 0 Å². The monoisotopic (exact) mass is 302 g/mol. The normalized spacial score (nSPS) is 23.9. The number of nitrogens with one attached hydrogen (secondary N) is 1. The van der Waals surface area contributed by atoms with Gasteiger partial charge in [-0.3, -0.25) is 0 Å². The first-order valence-corrected chi connectivity index (χ1v) is 8.25. The Labute approximate surface area is 114 Å². The Kier molecular flexibility index (Phi) is 5.53. The van der Waals surface area contributed by atoms with Crippen LogP contribution in [0.4, 0.5) is 0 Å². The highest BCUT2D eigenvalue weighted by molar-refractivity contribution is 7.87. The topological polar surface area (TPSA) is 49.4 Å². The Hall–Kier alpha value is 0.450. The highest BCUT2D eigenvalue weighted by Gasteiger charge is 2.33. The van der Waals surface area contributed by atoms with Crippen molar-refractivity contribution in [3.63, 3.8) is 0 Å². The Morgan fingerprint density at radius 3 is 2.47 bits per heavy atom. The average molecular weight is 303 g/mol. The zero-order valence-corrected chi connectivity index (χ0v) is 12.6. The number of hydrogen-bond donors (Lipinski definition) is 1. The second kappa shape index (κ2) is 6.06. The molecule has 4 nitrogen and oxygen atoms in total. The van der Waals surface area contributed by atoms with Crippen LogP contribution in [0.25, 0.3) is 0 Å². The molecule has 0 aromatic carbocycles. The van der Waals surface area contributed by atoms with Crippen molar-refractivity contribution >= 4 is 33.4 Å². The third kappa shape index (κ3) is 4.24. The minimum Gasteiger partial charge on any atom is -0.195 e. The summed E-state index contributed by atoms with van der Waals surface area (Å²) < 4.78 is 28.4. The lowest BCUT2D eigenvalue weighted by Gasteiger charge is -2.34. The zero-order valence-electron chi connectivity index (χ0n) is 10.2. The molecule has 7 heteroatoms. The Balaban J connectivity index is 2.74. The number of alkyl halides is 2. The van der Waals surface area contributed by atoms with Crippen LogP contribution in [0.5, 0.6) is 0 Å². The van der Waals surface area contributed by atoms with Gasteiger partial charge in [0.15, 0.2) is 0 Å². The molecule has 0 radical (unpaired) electrons. The molecule has 1 saturated heterocycles. The largest absolute Gasteiger partial charge is 0.280 e. The van der Waals surface area contributed by atoms with Crippen LogP contribution in [-0.2, 0) is 10.2 Å². The van der Waals surface area contributed by atoms with Crippen molar-refractivity contribution < 1.29 is 8.42 Å². The van der Waals surface area contributed by atoms with Gasteiger partial charge in [0.25, 0.3) is 10.2 Å². The van der Waals surface area contributed by atoms with E-state index >= 15 is 0 Å². The fourth-order valence-corrected chi connectivity index (χ4v) is 4.12. The molecule has 1 heterocycles. The molecular formula is C10H20Cl2N2O2S. The van der Waals surface area contributed by atoms with E-state index in [9.17, 15) is 8.42 Å². The summed E-state index contributed by atoms with van der Waals surface area (Å²) in [5, 5.41) is 0. The van der Waals surface area contributed by atoms with Gasteiger partial charge in [-0.05, 0) is 25.7 Å². The summed E-state index contributed by atoms with van der Waals surface area (Å²) in [5.41, 5.74) is -0.789. The van der Waals surface area contributed by atoms with Crippen LogP contribution >= 0.6 is 23.2 Å². The maximum atomic E-state index is 12.2. The molecule has 0 saturated carbocycles. The quantitative estimate of drug-likeness (QED) is 0.787. The van der Waals surface area contributed by atoms with E-state index in [-0.39, 0.29) is 11.8 Å². The number of rotatable bonds is 5. The number of halogens is 2. The van der Waals surface area contributed by atoms with Gasteiger partial charge in [-0.2, -0.15) is 17.4 Å². The van der Waals surface area contributed by atoms with Gasteiger partial charge in [0, 0.05) is 24.8 Å². The van der Waals surface area contributed by atoms with Gasteiger partial charge in [-0.25, -0.2) is 0 Å². The van der Waals surface area contributed by atoms with Gasteiger partial charge in [0.1, 0.15) is 0 Å². The van der Waals surface area contributed by atoms with E-state index in [1.807, 2.05) is 0 Å². The minimum absolute atomic E-state index is 0.152. The summed E-state index contributed by atoms with van der Waals surface area (Å²) in [5.74, 6) is 0.705. The summed E-state index contributed by atoms with van der Waals surface area (Å²) in [6.07, 6.45) is 1.98. The summed E-state index contributed by atoms with van der Waals surface area (Å²) >= 11 is 11.5. The third-order valence-corrected chi connectivity index (χ3v) is 5.87. The highest BCUT2D eigenvalue weighted by Crippen LogP contribution is 2.20. The van der Waals surface area contributed by atoms with Crippen LogP contribution in [0.2, 0.25) is 0 Å². The molecule has 0 spiro atoms. The van der Waals surface area contributed by atoms with E-state index in [1.54, 1.807) is 6.92 Å². The van der Waals surface area contributed by atoms with E-state index in [4.69, 9.17) is 23.2 Å². The first-order valence-electron chi connectivity index (χ1n) is 5.74. The number of nitrogens with zero attached hydrogens (tertiary/aromatic N) is 1. The average Bonchev–Trinajstić information content (AvgIpc) is 2.28. The van der Waals surface area contributed by atoms with Crippen LogP contribution in [0.1, 0.15) is 26.7 Å². The molecule has 0 bridgehead atoms. The predicted octanol–water partition coefficient (Wildman–Crippen LogP) is 1.79. The molecule has 0 aromatic heterocycles. The molecule has 102 valence electrons. The summed E-state index contributed by atoms with van der Waals surface area (Å²) in [6, 6.07) is 0. The smallest absolute Gasteiger partial charge is 0.195 e. The maximum absolute atomic E-state index is 12.2. The van der Waals surface area contributed by atoms with Gasteiger partial charge in [-0.15, -0.1) is 23.2 Å². The van der Waals surface area contributed by atoms with Crippen molar-refractivity contribution in [2.75, 3.05) is 24.8 Å². The van der Waals surface area contributed by atoms with Crippen LogP contribution in [0, 0.1) is 5.92 Å². The Morgan fingerprint density at radius 1 is 1.41 bits per heavy atom. The summed E-state index contributed by atoms with van der Waals surface area (Å²) in [7, 11) is -3.48. The van der Waals surface area contributed by atoms with Crippen LogP contribution < -0.4 is 4.72 Å². The van der Waals surface area contributed by atoms with E-state index in [1.165, 1.54) is 4.31 Å². The molecule has 17 heavy (non-hydrogen) atoms. The van der Waals surface area contributed by atoms with E-state index < -0.39 is 15.7 Å². The predicted molar refractivity (Wildman–Crippen MR) is 71.9 cm³/mol. The molecule has 1 N–H and O–H groups in total. The van der Waals surface area contributed by atoms with Crippen molar-refractivity contribution in [3.8, 4) is 0 Å². The second-order valence-electron chi connectivity index (χ2n) is 5.04. The van der Waals surface area contributed by atoms with Crippen LogP contribution in [-0.4, -0.2) is 43.1 Å². The molecule has 1 rings (SSSR count). The van der Waals surface area contributed by atoms with Crippen LogP contribution in [0.3, 0.4) is 0 Å². The third-order valence-electron chi connectivity index (χ3n) is 2.92. The lowest BCUT2D eigenvalue weighted by Crippen LogP contribution is -2.55. The molecule has 1 atom stereocenters. The molecule has 1 aliphatic rings. The minimum atomic E-state index is -3.48. The van der Waals surface area contributed by atoms with Gasteiger partial charge < -0.3 is 0 Å². The molecule has 1 fully saturated rings. The standard InChI is InChI=1S/C10H20Cl2N2O2S/c1-9-4-3-5-14(6-9)17(15,16)13-10(2,7-11)8-12/h9,13H,3-8H2,1-2H3. The van der Waals surface area contributed by atoms with Gasteiger partial charge in [0.05, 0.1) is 5.54 Å². The molecule has 0 aromatic rings. The molecular weight excluding hydrogens is 283 g/mol. The molecule has 1 aliphatic heterocycles. The Morgan fingerprint density at radius 2 is 2.00 bits per heavy atom. The second-order valence-corrected chi connectivity index (χ2v) is 7.25. The summed E-state index contributed by atoms with van der Waals surface area (Å²) in [6.45, 7) is 4.90. The van der Waals surface area contributed by atoms with Crippen molar-refractivity contribution in [1.82, 2.24) is 9.03 Å². The first-order chi connectivity index (χ1) is 7.83.